The van der Waals surface area contributed by atoms with E-state index in [-0.39, 0.29) is 5.82 Å². The number of halogens is 1. The molecule has 0 amide bonds. The van der Waals surface area contributed by atoms with Crippen LogP contribution >= 0.6 is 0 Å². The van der Waals surface area contributed by atoms with Crippen molar-refractivity contribution in [1.29, 1.82) is 0 Å². The molecule has 1 unspecified atom stereocenters. The summed E-state index contributed by atoms with van der Waals surface area (Å²) in [6.07, 6.45) is 1.73. The molecule has 2 nitrogen and oxygen atoms in total. The van der Waals surface area contributed by atoms with Crippen LogP contribution in [0.5, 0.6) is 0 Å². The first-order valence-electron chi connectivity index (χ1n) is 6.17. The lowest BCUT2D eigenvalue weighted by Gasteiger charge is -2.20. The Morgan fingerprint density at radius 3 is 2.71 bits per heavy atom. The van der Waals surface area contributed by atoms with Crippen molar-refractivity contribution < 1.29 is 9.50 Å². The minimum Gasteiger partial charge on any atom is -0.387 e. The van der Waals surface area contributed by atoms with Gasteiger partial charge in [0.05, 0.1) is 6.10 Å². The highest BCUT2D eigenvalue weighted by Gasteiger charge is 2.11. The molecule has 0 saturated carbocycles. The number of likely N-dealkylation sites (N-methyl/N-ethyl adjacent to an activating group) is 1. The molecule has 1 rings (SSSR count). The summed E-state index contributed by atoms with van der Waals surface area (Å²) >= 11 is 0. The first kappa shape index (κ1) is 14.1. The van der Waals surface area contributed by atoms with E-state index < -0.39 is 6.10 Å². The Bertz CT molecular complexity index is 354. The van der Waals surface area contributed by atoms with Gasteiger partial charge in [-0.3, -0.25) is 0 Å². The highest BCUT2D eigenvalue weighted by Crippen LogP contribution is 2.17. The van der Waals surface area contributed by atoms with Gasteiger partial charge in [0.2, 0.25) is 0 Å². The van der Waals surface area contributed by atoms with Gasteiger partial charge in [0, 0.05) is 6.54 Å². The second-order valence-electron chi connectivity index (χ2n) is 4.64. The number of hydrogen-bond acceptors (Lipinski definition) is 2. The van der Waals surface area contributed by atoms with Crippen LogP contribution in [0.3, 0.4) is 0 Å². The van der Waals surface area contributed by atoms with Crippen molar-refractivity contribution in [2.45, 2.75) is 32.8 Å². The molecule has 1 aromatic rings. The molecule has 0 heterocycles. The second kappa shape index (κ2) is 6.72. The van der Waals surface area contributed by atoms with Gasteiger partial charge in [-0.15, -0.1) is 0 Å². The van der Waals surface area contributed by atoms with Crippen molar-refractivity contribution in [3.8, 4) is 0 Å². The molecule has 0 aromatic heterocycles. The van der Waals surface area contributed by atoms with E-state index in [0.717, 1.165) is 24.9 Å². The zero-order chi connectivity index (χ0) is 12.8. The van der Waals surface area contributed by atoms with Crippen LogP contribution in [0, 0.1) is 12.7 Å². The van der Waals surface area contributed by atoms with Crippen LogP contribution in [0.4, 0.5) is 4.39 Å². The summed E-state index contributed by atoms with van der Waals surface area (Å²) < 4.78 is 13.1. The van der Waals surface area contributed by atoms with Crippen molar-refractivity contribution in [2.75, 3.05) is 20.1 Å². The molecule has 0 aliphatic heterocycles. The quantitative estimate of drug-likeness (QED) is 0.825. The zero-order valence-corrected chi connectivity index (χ0v) is 10.9. The zero-order valence-electron chi connectivity index (χ0n) is 10.9. The molecule has 0 aliphatic carbocycles. The summed E-state index contributed by atoms with van der Waals surface area (Å²) in [5.41, 5.74) is 1.37. The highest BCUT2D eigenvalue weighted by atomic mass is 19.1. The Morgan fingerprint density at radius 2 is 2.12 bits per heavy atom. The van der Waals surface area contributed by atoms with Crippen LogP contribution in [0.25, 0.3) is 0 Å². The lowest BCUT2D eigenvalue weighted by Crippen LogP contribution is -2.25. The van der Waals surface area contributed by atoms with Crippen LogP contribution in [0.15, 0.2) is 18.2 Å². The summed E-state index contributed by atoms with van der Waals surface area (Å²) in [6, 6.07) is 4.79. The van der Waals surface area contributed by atoms with Gasteiger partial charge in [0.25, 0.3) is 0 Å². The Hall–Kier alpha value is -0.930. The third kappa shape index (κ3) is 4.44. The van der Waals surface area contributed by atoms with Crippen LogP contribution in [-0.2, 0) is 0 Å². The average molecular weight is 239 g/mol. The van der Waals surface area contributed by atoms with Crippen LogP contribution < -0.4 is 0 Å². The van der Waals surface area contributed by atoms with Crippen molar-refractivity contribution in [2.24, 2.45) is 0 Å². The van der Waals surface area contributed by atoms with E-state index >= 15 is 0 Å². The molecule has 17 heavy (non-hydrogen) atoms. The fourth-order valence-corrected chi connectivity index (χ4v) is 1.80. The highest BCUT2D eigenvalue weighted by molar-refractivity contribution is 5.25. The SMILES string of the molecule is CCCCN(C)CC(O)c1ccc(F)c(C)c1. The second-order valence-corrected chi connectivity index (χ2v) is 4.64. The third-order valence-electron chi connectivity index (χ3n) is 2.94. The molecule has 0 aliphatic rings. The van der Waals surface area contributed by atoms with Crippen LogP contribution in [0.2, 0.25) is 0 Å². The van der Waals surface area contributed by atoms with Crippen molar-refractivity contribution in [1.82, 2.24) is 4.90 Å². The van der Waals surface area contributed by atoms with E-state index in [2.05, 4.69) is 11.8 Å². The lowest BCUT2D eigenvalue weighted by molar-refractivity contribution is 0.126. The van der Waals surface area contributed by atoms with Crippen molar-refractivity contribution in [3.05, 3.63) is 35.1 Å². The largest absolute Gasteiger partial charge is 0.387 e. The van der Waals surface area contributed by atoms with Crippen molar-refractivity contribution in [3.63, 3.8) is 0 Å². The summed E-state index contributed by atoms with van der Waals surface area (Å²) in [4.78, 5) is 2.10. The standard InChI is InChI=1S/C14H22FNO/c1-4-5-8-16(3)10-14(17)12-6-7-13(15)11(2)9-12/h6-7,9,14,17H,4-5,8,10H2,1-3H3. The Labute approximate surface area is 103 Å². The molecule has 1 aromatic carbocycles. The molecule has 1 N–H and O–H groups in total. The maximum atomic E-state index is 13.1. The van der Waals surface area contributed by atoms with Gasteiger partial charge in [0.15, 0.2) is 0 Å². The molecule has 96 valence electrons. The number of unbranched alkanes of at least 4 members (excludes halogenated alkanes) is 1. The number of aliphatic hydroxyl groups is 1. The number of rotatable bonds is 6. The number of hydrogen-bond donors (Lipinski definition) is 1. The summed E-state index contributed by atoms with van der Waals surface area (Å²) in [5.74, 6) is -0.222. The van der Waals surface area contributed by atoms with Crippen molar-refractivity contribution >= 4 is 0 Å². The predicted molar refractivity (Wildman–Crippen MR) is 68.5 cm³/mol. The van der Waals surface area contributed by atoms with Gasteiger partial charge < -0.3 is 10.0 Å². The molecular weight excluding hydrogens is 217 g/mol. The molecule has 0 fully saturated rings. The first-order valence-corrected chi connectivity index (χ1v) is 6.17. The van der Waals surface area contributed by atoms with Gasteiger partial charge in [-0.25, -0.2) is 4.39 Å². The smallest absolute Gasteiger partial charge is 0.126 e. The Balaban J connectivity index is 2.57. The van der Waals surface area contributed by atoms with Gasteiger partial charge in [0.1, 0.15) is 5.82 Å². The molecular formula is C14H22FNO. The summed E-state index contributed by atoms with van der Waals surface area (Å²) in [7, 11) is 2.00. The van der Waals surface area contributed by atoms with E-state index in [1.165, 1.54) is 6.07 Å². The van der Waals surface area contributed by atoms with E-state index in [0.29, 0.717) is 12.1 Å². The molecule has 0 bridgehead atoms. The molecule has 0 spiro atoms. The molecule has 3 heteroatoms. The normalized spacial score (nSPS) is 13.1. The molecule has 0 saturated heterocycles. The predicted octanol–water partition coefficient (Wildman–Crippen LogP) is 2.90. The fraction of sp³-hybridized carbons (Fsp3) is 0.571. The monoisotopic (exact) mass is 239 g/mol. The van der Waals surface area contributed by atoms with E-state index in [1.54, 1.807) is 19.1 Å². The Kier molecular flexibility index (Phi) is 5.59. The van der Waals surface area contributed by atoms with Crippen LogP contribution in [0.1, 0.15) is 37.0 Å². The van der Waals surface area contributed by atoms with Gasteiger partial charge in [-0.05, 0) is 44.1 Å². The van der Waals surface area contributed by atoms with Gasteiger partial charge in [-0.2, -0.15) is 0 Å². The van der Waals surface area contributed by atoms with E-state index in [9.17, 15) is 9.50 Å². The number of aryl methyl sites for hydroxylation is 1. The lowest BCUT2D eigenvalue weighted by atomic mass is 10.1. The number of benzene rings is 1. The van der Waals surface area contributed by atoms with E-state index in [4.69, 9.17) is 0 Å². The summed E-state index contributed by atoms with van der Waals surface area (Å²) in [5, 5.41) is 10.0. The first-order chi connectivity index (χ1) is 8.04. The summed E-state index contributed by atoms with van der Waals surface area (Å²) in [6.45, 7) is 5.43. The third-order valence-corrected chi connectivity index (χ3v) is 2.94. The maximum absolute atomic E-state index is 13.1. The number of aliphatic hydroxyl groups excluding tert-OH is 1. The van der Waals surface area contributed by atoms with Gasteiger partial charge >= 0.3 is 0 Å². The minimum absolute atomic E-state index is 0.222. The molecule has 0 radical (unpaired) electrons. The number of nitrogens with zero attached hydrogens (tertiary/aromatic N) is 1. The Morgan fingerprint density at radius 1 is 1.41 bits per heavy atom. The van der Waals surface area contributed by atoms with Crippen LogP contribution in [-0.4, -0.2) is 30.1 Å². The molecule has 1 atom stereocenters. The fourth-order valence-electron chi connectivity index (χ4n) is 1.80. The van der Waals surface area contributed by atoms with Gasteiger partial charge in [-0.1, -0.05) is 25.5 Å². The van der Waals surface area contributed by atoms with E-state index in [1.807, 2.05) is 7.05 Å². The topological polar surface area (TPSA) is 23.5 Å². The maximum Gasteiger partial charge on any atom is 0.126 e. The minimum atomic E-state index is -0.545. The average Bonchev–Trinajstić information content (AvgIpc) is 2.30.